The van der Waals surface area contributed by atoms with Gasteiger partial charge in [-0.15, -0.1) is 0 Å². The summed E-state index contributed by atoms with van der Waals surface area (Å²) in [5, 5.41) is 13.5. The summed E-state index contributed by atoms with van der Waals surface area (Å²) >= 11 is 0. The fraction of sp³-hybridized carbons (Fsp3) is 0.915. The maximum atomic E-state index is 14.6. The van der Waals surface area contributed by atoms with Gasteiger partial charge in [0.15, 0.2) is 0 Å². The van der Waals surface area contributed by atoms with E-state index < -0.39 is 5.60 Å². The Hall–Kier alpha value is -1.40. The smallest absolute Gasteiger partial charge is 0.330 e. The Morgan fingerprint density at radius 2 is 1.11 bits per heavy atom. The minimum absolute atomic E-state index is 0.0420. The zero-order valence-corrected chi connectivity index (χ0v) is 33.6. The van der Waals surface area contributed by atoms with Gasteiger partial charge in [-0.2, -0.15) is 0 Å². The topological polar surface area (TPSA) is 76.1 Å². The summed E-state index contributed by atoms with van der Waals surface area (Å²) in [6.07, 6.45) is 35.9. The first-order valence-electron chi connectivity index (χ1n) is 23.4. The monoisotopic (exact) mass is 736 g/mol. The largest absolute Gasteiger partial charge is 0.463 e. The lowest BCUT2D eigenvalue weighted by molar-refractivity contribution is -0.169. The highest BCUT2D eigenvalue weighted by Crippen LogP contribution is 2.55. The van der Waals surface area contributed by atoms with Crippen molar-refractivity contribution < 1.29 is 24.2 Å². The summed E-state index contributed by atoms with van der Waals surface area (Å²) in [4.78, 5) is 28.1. The van der Waals surface area contributed by atoms with E-state index in [9.17, 15) is 14.7 Å². The van der Waals surface area contributed by atoms with Gasteiger partial charge in [0.25, 0.3) is 0 Å². The van der Waals surface area contributed by atoms with Crippen LogP contribution in [0.2, 0.25) is 0 Å². The number of unbranched alkanes of at least 4 members (excludes halogenated alkanes) is 3. The summed E-state index contributed by atoms with van der Waals surface area (Å²) in [5.74, 6) is 5.94. The van der Waals surface area contributed by atoms with E-state index in [-0.39, 0.29) is 17.9 Å². The molecule has 0 spiro atoms. The molecule has 7 rings (SSSR count). The lowest BCUT2D eigenvalue weighted by Crippen LogP contribution is -2.62. The molecule has 6 heteroatoms. The molecule has 1 saturated heterocycles. The summed E-state index contributed by atoms with van der Waals surface area (Å²) in [6.45, 7) is 5.63. The molecule has 0 bridgehead atoms. The van der Waals surface area contributed by atoms with Crippen molar-refractivity contribution in [3.8, 4) is 0 Å². The highest BCUT2D eigenvalue weighted by Gasteiger charge is 2.57. The van der Waals surface area contributed by atoms with Crippen molar-refractivity contribution in [1.82, 2.24) is 4.90 Å². The lowest BCUT2D eigenvalue weighted by atomic mass is 9.55. The van der Waals surface area contributed by atoms with Gasteiger partial charge in [0, 0.05) is 25.1 Å². The summed E-state index contributed by atoms with van der Waals surface area (Å²) in [7, 11) is 0. The fourth-order valence-corrected chi connectivity index (χ4v) is 13.8. The molecule has 300 valence electrons. The second-order valence-electron chi connectivity index (χ2n) is 19.5. The van der Waals surface area contributed by atoms with E-state index in [1.54, 1.807) is 0 Å². The van der Waals surface area contributed by atoms with Gasteiger partial charge in [-0.3, -0.25) is 4.79 Å². The molecule has 1 amide bonds. The molecular formula is C47H77NO5. The fourth-order valence-electron chi connectivity index (χ4n) is 13.8. The summed E-state index contributed by atoms with van der Waals surface area (Å²) in [6, 6.07) is 0.0420. The standard InChI is InChI=1S/C47H77NO5/c1-2-45(49)53-31-10-4-3-9-30-52-43-27-23-37(24-28-43)36-17-19-38(20-18-36)46(50)48-29-11-16-44(48)47(51,41-25-21-34-12-5-7-14-39(34)32-41)42-26-22-35-13-6-8-15-40(35)33-42/h2,34-44,51H,1,3-33H2/t34?,35?,36?,37?,38?,39?,40?,41?,42?,43?,44-,47?/m0/s1. The number of carbonyl (C=O) groups excluding carboxylic acids is 2. The Bertz CT molecular complexity index is 1140. The molecule has 7 fully saturated rings. The number of nitrogens with zero attached hydrogens (tertiary/aromatic N) is 1. The zero-order valence-electron chi connectivity index (χ0n) is 33.6. The molecule has 0 aromatic rings. The molecule has 0 aromatic heterocycles. The minimum atomic E-state index is -0.698. The Kier molecular flexibility index (Phi) is 14.4. The zero-order chi connectivity index (χ0) is 36.6. The first kappa shape index (κ1) is 39.8. The lowest BCUT2D eigenvalue weighted by Gasteiger charge is -2.55. The molecule has 6 saturated carbocycles. The van der Waals surface area contributed by atoms with Crippen LogP contribution in [0.25, 0.3) is 0 Å². The number of rotatable bonds is 14. The van der Waals surface area contributed by atoms with E-state index >= 15 is 0 Å². The first-order valence-corrected chi connectivity index (χ1v) is 23.4. The van der Waals surface area contributed by atoms with Crippen LogP contribution in [0.5, 0.6) is 0 Å². The van der Waals surface area contributed by atoms with Crippen LogP contribution in [0.1, 0.15) is 180 Å². The minimum Gasteiger partial charge on any atom is -0.463 e. The molecule has 7 atom stereocenters. The van der Waals surface area contributed by atoms with Gasteiger partial charge in [0.2, 0.25) is 5.91 Å². The molecule has 53 heavy (non-hydrogen) atoms. The van der Waals surface area contributed by atoms with Crippen molar-refractivity contribution >= 4 is 11.9 Å². The molecule has 6 aliphatic carbocycles. The Morgan fingerprint density at radius 1 is 0.604 bits per heavy atom. The number of hydrogen-bond acceptors (Lipinski definition) is 5. The maximum Gasteiger partial charge on any atom is 0.330 e. The van der Waals surface area contributed by atoms with Gasteiger partial charge in [0.05, 0.1) is 24.4 Å². The summed E-state index contributed by atoms with van der Waals surface area (Å²) < 4.78 is 11.4. The van der Waals surface area contributed by atoms with Crippen LogP contribution in [-0.4, -0.2) is 59.4 Å². The van der Waals surface area contributed by atoms with Gasteiger partial charge < -0.3 is 19.5 Å². The van der Waals surface area contributed by atoms with Gasteiger partial charge in [-0.05, 0) is 169 Å². The van der Waals surface area contributed by atoms with Gasteiger partial charge >= 0.3 is 5.97 Å². The Labute approximate surface area is 323 Å². The number of likely N-dealkylation sites (tertiary alicyclic amines) is 1. The molecular weight excluding hydrogens is 659 g/mol. The van der Waals surface area contributed by atoms with Crippen molar-refractivity contribution in [1.29, 1.82) is 0 Å². The molecule has 1 N–H and O–H groups in total. The van der Waals surface area contributed by atoms with Gasteiger partial charge in [-0.1, -0.05) is 64.4 Å². The predicted molar refractivity (Wildman–Crippen MR) is 212 cm³/mol. The van der Waals surface area contributed by atoms with Gasteiger partial charge in [-0.25, -0.2) is 4.79 Å². The van der Waals surface area contributed by atoms with Crippen molar-refractivity contribution in [3.05, 3.63) is 12.7 Å². The number of hydrogen-bond donors (Lipinski definition) is 1. The van der Waals surface area contributed by atoms with Crippen LogP contribution in [0, 0.1) is 53.3 Å². The van der Waals surface area contributed by atoms with Crippen LogP contribution >= 0.6 is 0 Å². The second kappa shape index (κ2) is 19.2. The SMILES string of the molecule is C=CC(=O)OCCCCCCOC1CCC(C2CCC(C(=O)N3CCC[C@H]3C(O)(C3CCC4CCCCC4C3)C3CCC4CCCCC4C3)CC2)CC1. The molecule has 1 aliphatic heterocycles. The Morgan fingerprint density at radius 3 is 1.70 bits per heavy atom. The van der Waals surface area contributed by atoms with Crippen LogP contribution in [0.15, 0.2) is 12.7 Å². The highest BCUT2D eigenvalue weighted by molar-refractivity contribution is 5.81. The average Bonchev–Trinajstić information content (AvgIpc) is 3.72. The van der Waals surface area contributed by atoms with Crippen molar-refractivity contribution in [2.75, 3.05) is 19.8 Å². The van der Waals surface area contributed by atoms with Crippen molar-refractivity contribution in [2.45, 2.75) is 198 Å². The van der Waals surface area contributed by atoms with E-state index in [1.807, 2.05) is 0 Å². The molecule has 0 radical (unpaired) electrons. The molecule has 6 nitrogen and oxygen atoms in total. The number of fused-ring (bicyclic) bond motifs is 2. The molecule has 0 aromatic carbocycles. The van der Waals surface area contributed by atoms with E-state index in [0.717, 1.165) is 100 Å². The quantitative estimate of drug-likeness (QED) is 0.109. The van der Waals surface area contributed by atoms with Gasteiger partial charge in [0.1, 0.15) is 0 Å². The number of esters is 1. The van der Waals surface area contributed by atoms with Crippen molar-refractivity contribution in [3.63, 3.8) is 0 Å². The predicted octanol–water partition coefficient (Wildman–Crippen LogP) is 10.6. The number of aliphatic hydroxyl groups is 1. The average molecular weight is 736 g/mol. The highest BCUT2D eigenvalue weighted by atomic mass is 16.5. The van der Waals surface area contributed by atoms with Crippen LogP contribution in [0.4, 0.5) is 0 Å². The third-order valence-electron chi connectivity index (χ3n) is 16.8. The third-order valence-corrected chi connectivity index (χ3v) is 16.8. The molecule has 7 aliphatic rings. The summed E-state index contributed by atoms with van der Waals surface area (Å²) in [5.41, 5.74) is -0.698. The van der Waals surface area contributed by atoms with Crippen LogP contribution in [-0.2, 0) is 19.1 Å². The first-order chi connectivity index (χ1) is 25.9. The third kappa shape index (κ3) is 9.60. The van der Waals surface area contributed by atoms with Crippen LogP contribution in [0.3, 0.4) is 0 Å². The van der Waals surface area contributed by atoms with Crippen LogP contribution < -0.4 is 0 Å². The second-order valence-corrected chi connectivity index (χ2v) is 19.5. The number of carbonyl (C=O) groups is 2. The van der Waals surface area contributed by atoms with Crippen molar-refractivity contribution in [2.24, 2.45) is 53.3 Å². The Balaban J connectivity index is 0.893. The number of ether oxygens (including phenoxy) is 2. The molecule has 1 heterocycles. The normalized spacial score (nSPS) is 39.0. The van der Waals surface area contributed by atoms with E-state index in [1.165, 1.54) is 134 Å². The van der Waals surface area contributed by atoms with E-state index in [4.69, 9.17) is 9.47 Å². The van der Waals surface area contributed by atoms with E-state index in [2.05, 4.69) is 11.5 Å². The molecule has 6 unspecified atom stereocenters. The van der Waals surface area contributed by atoms with E-state index in [0.29, 0.717) is 30.5 Å². The number of amides is 1. The maximum absolute atomic E-state index is 14.6.